The van der Waals surface area contributed by atoms with E-state index in [1.807, 2.05) is 12.1 Å². The third-order valence-electron chi connectivity index (χ3n) is 2.91. The second-order valence-corrected chi connectivity index (χ2v) is 4.73. The molecule has 0 bridgehead atoms. The van der Waals surface area contributed by atoms with E-state index in [2.05, 4.69) is 4.74 Å². The van der Waals surface area contributed by atoms with E-state index in [9.17, 15) is 9.59 Å². The SMILES string of the molecule is COC(=O)c1ccc(C(=O)Cc2ccc(Cl)cc2)cc1. The number of benzene rings is 2. The summed E-state index contributed by atoms with van der Waals surface area (Å²) >= 11 is 5.80. The lowest BCUT2D eigenvalue weighted by atomic mass is 10.0. The van der Waals surface area contributed by atoms with Gasteiger partial charge in [0.05, 0.1) is 12.7 Å². The van der Waals surface area contributed by atoms with Gasteiger partial charge in [-0.3, -0.25) is 4.79 Å². The van der Waals surface area contributed by atoms with Gasteiger partial charge in [-0.05, 0) is 29.8 Å². The number of hydrogen-bond acceptors (Lipinski definition) is 3. The van der Waals surface area contributed by atoms with Crippen LogP contribution in [0.2, 0.25) is 5.02 Å². The summed E-state index contributed by atoms with van der Waals surface area (Å²) in [5.41, 5.74) is 1.89. The minimum absolute atomic E-state index is 0.0104. The van der Waals surface area contributed by atoms with Crippen molar-refractivity contribution < 1.29 is 14.3 Å². The number of ether oxygens (including phenoxy) is 1. The van der Waals surface area contributed by atoms with Gasteiger partial charge >= 0.3 is 5.97 Å². The summed E-state index contributed by atoms with van der Waals surface area (Å²) in [4.78, 5) is 23.4. The molecule has 0 aromatic heterocycles. The topological polar surface area (TPSA) is 43.4 Å². The Bertz CT molecular complexity index is 615. The first kappa shape index (κ1) is 14.3. The average molecular weight is 289 g/mol. The Hall–Kier alpha value is -2.13. The lowest BCUT2D eigenvalue weighted by molar-refractivity contribution is 0.0600. The number of hydrogen-bond donors (Lipinski definition) is 0. The van der Waals surface area contributed by atoms with E-state index >= 15 is 0 Å². The van der Waals surface area contributed by atoms with Gasteiger partial charge in [-0.15, -0.1) is 0 Å². The number of esters is 1. The maximum atomic E-state index is 12.1. The molecule has 3 nitrogen and oxygen atoms in total. The van der Waals surface area contributed by atoms with Crippen molar-refractivity contribution >= 4 is 23.4 Å². The number of methoxy groups -OCH3 is 1. The van der Waals surface area contributed by atoms with Crippen LogP contribution in [0, 0.1) is 0 Å². The van der Waals surface area contributed by atoms with Crippen LogP contribution in [0.1, 0.15) is 26.3 Å². The highest BCUT2D eigenvalue weighted by molar-refractivity contribution is 6.30. The van der Waals surface area contributed by atoms with E-state index in [-0.39, 0.29) is 5.78 Å². The second-order valence-electron chi connectivity index (χ2n) is 4.30. The first-order valence-corrected chi connectivity index (χ1v) is 6.44. The molecule has 0 aliphatic rings. The third kappa shape index (κ3) is 3.45. The van der Waals surface area contributed by atoms with Crippen LogP contribution in [0.25, 0.3) is 0 Å². The monoisotopic (exact) mass is 288 g/mol. The van der Waals surface area contributed by atoms with Gasteiger partial charge in [0.15, 0.2) is 5.78 Å². The molecule has 102 valence electrons. The van der Waals surface area contributed by atoms with Gasteiger partial charge in [0, 0.05) is 17.0 Å². The minimum Gasteiger partial charge on any atom is -0.465 e. The summed E-state index contributed by atoms with van der Waals surface area (Å²) in [6.45, 7) is 0. The maximum absolute atomic E-state index is 12.1. The van der Waals surface area contributed by atoms with Crippen LogP contribution in [-0.2, 0) is 11.2 Å². The number of rotatable bonds is 4. The van der Waals surface area contributed by atoms with Crippen LogP contribution in [0.5, 0.6) is 0 Å². The molecule has 0 atom stereocenters. The number of carbonyl (C=O) groups excluding carboxylic acids is 2. The first-order chi connectivity index (χ1) is 9.60. The van der Waals surface area contributed by atoms with Gasteiger partial charge in [0.25, 0.3) is 0 Å². The van der Waals surface area contributed by atoms with Crippen LogP contribution in [0.3, 0.4) is 0 Å². The average Bonchev–Trinajstić information content (AvgIpc) is 2.49. The van der Waals surface area contributed by atoms with Crippen LogP contribution >= 0.6 is 11.6 Å². The summed E-state index contributed by atoms with van der Waals surface area (Å²) in [6.07, 6.45) is 0.300. The van der Waals surface area contributed by atoms with Crippen LogP contribution < -0.4 is 0 Å². The minimum atomic E-state index is -0.415. The van der Waals surface area contributed by atoms with Crippen molar-refractivity contribution in [2.45, 2.75) is 6.42 Å². The van der Waals surface area contributed by atoms with E-state index < -0.39 is 5.97 Å². The van der Waals surface area contributed by atoms with Gasteiger partial charge in [-0.2, -0.15) is 0 Å². The molecule has 2 rings (SSSR count). The Balaban J connectivity index is 2.09. The fraction of sp³-hybridized carbons (Fsp3) is 0.125. The van der Waals surface area contributed by atoms with Gasteiger partial charge < -0.3 is 4.74 Å². The van der Waals surface area contributed by atoms with Crippen molar-refractivity contribution in [1.29, 1.82) is 0 Å². The summed E-state index contributed by atoms with van der Waals surface area (Å²) < 4.78 is 4.61. The van der Waals surface area contributed by atoms with Gasteiger partial charge in [0.1, 0.15) is 0 Å². The molecule has 0 fully saturated rings. The van der Waals surface area contributed by atoms with Crippen LogP contribution in [0.15, 0.2) is 48.5 Å². The predicted octanol–water partition coefficient (Wildman–Crippen LogP) is 3.55. The standard InChI is InChI=1S/C16H13ClO3/c1-20-16(19)13-6-4-12(5-7-13)15(18)10-11-2-8-14(17)9-3-11/h2-9H,10H2,1H3. The molecule has 4 heteroatoms. The molecular weight excluding hydrogens is 276 g/mol. The third-order valence-corrected chi connectivity index (χ3v) is 3.16. The molecule has 0 unspecified atom stereocenters. The molecule has 0 amide bonds. The zero-order chi connectivity index (χ0) is 14.5. The van der Waals surface area contributed by atoms with Gasteiger partial charge in [-0.1, -0.05) is 35.9 Å². The summed E-state index contributed by atoms with van der Waals surface area (Å²) in [7, 11) is 1.32. The van der Waals surface area contributed by atoms with Crippen molar-refractivity contribution in [3.8, 4) is 0 Å². The quantitative estimate of drug-likeness (QED) is 0.638. The molecule has 2 aromatic rings. The Morgan fingerprint density at radius 3 is 2.05 bits per heavy atom. The lowest BCUT2D eigenvalue weighted by Gasteiger charge is -2.03. The van der Waals surface area contributed by atoms with E-state index in [1.165, 1.54) is 7.11 Å². The highest BCUT2D eigenvalue weighted by atomic mass is 35.5. The molecule has 2 aromatic carbocycles. The highest BCUT2D eigenvalue weighted by Crippen LogP contribution is 2.13. The highest BCUT2D eigenvalue weighted by Gasteiger charge is 2.09. The fourth-order valence-electron chi connectivity index (χ4n) is 1.80. The van der Waals surface area contributed by atoms with Crippen molar-refractivity contribution in [2.24, 2.45) is 0 Å². The molecule has 0 aliphatic heterocycles. The second kappa shape index (κ2) is 6.35. The molecule has 0 radical (unpaired) electrons. The Morgan fingerprint density at radius 2 is 1.50 bits per heavy atom. The Morgan fingerprint density at radius 1 is 0.950 bits per heavy atom. The van der Waals surface area contributed by atoms with E-state index in [0.717, 1.165) is 5.56 Å². The molecule has 0 saturated carbocycles. The normalized spacial score (nSPS) is 10.1. The first-order valence-electron chi connectivity index (χ1n) is 6.06. The van der Waals surface area contributed by atoms with Gasteiger partial charge in [0.2, 0.25) is 0 Å². The number of Topliss-reactive ketones (excluding diaryl/α,β-unsaturated/α-hetero) is 1. The number of halogens is 1. The largest absolute Gasteiger partial charge is 0.465 e. The molecule has 0 aliphatic carbocycles. The maximum Gasteiger partial charge on any atom is 0.337 e. The summed E-state index contributed by atoms with van der Waals surface area (Å²) in [5, 5.41) is 0.642. The van der Waals surface area contributed by atoms with E-state index in [4.69, 9.17) is 11.6 Å². The number of ketones is 1. The zero-order valence-electron chi connectivity index (χ0n) is 10.9. The lowest BCUT2D eigenvalue weighted by Crippen LogP contribution is -2.05. The molecular formula is C16H13ClO3. The van der Waals surface area contributed by atoms with Crippen molar-refractivity contribution in [2.75, 3.05) is 7.11 Å². The predicted molar refractivity (Wildman–Crippen MR) is 77.3 cm³/mol. The fourth-order valence-corrected chi connectivity index (χ4v) is 1.93. The molecule has 0 spiro atoms. The van der Waals surface area contributed by atoms with Crippen LogP contribution in [0.4, 0.5) is 0 Å². The van der Waals surface area contributed by atoms with Crippen molar-refractivity contribution in [1.82, 2.24) is 0 Å². The molecule has 20 heavy (non-hydrogen) atoms. The Labute approximate surface area is 122 Å². The van der Waals surface area contributed by atoms with Crippen molar-refractivity contribution in [3.05, 3.63) is 70.2 Å². The summed E-state index contributed by atoms with van der Waals surface area (Å²) in [5.74, 6) is -0.426. The number of carbonyl (C=O) groups is 2. The van der Waals surface area contributed by atoms with Crippen LogP contribution in [-0.4, -0.2) is 18.9 Å². The van der Waals surface area contributed by atoms with E-state index in [1.54, 1.807) is 36.4 Å². The molecule has 0 heterocycles. The Kier molecular flexibility index (Phi) is 4.53. The van der Waals surface area contributed by atoms with E-state index in [0.29, 0.717) is 22.6 Å². The molecule has 0 saturated heterocycles. The van der Waals surface area contributed by atoms with Crippen molar-refractivity contribution in [3.63, 3.8) is 0 Å². The molecule has 0 N–H and O–H groups in total. The smallest absolute Gasteiger partial charge is 0.337 e. The summed E-state index contributed by atoms with van der Waals surface area (Å²) in [6, 6.07) is 13.6. The van der Waals surface area contributed by atoms with Gasteiger partial charge in [-0.25, -0.2) is 4.79 Å². The zero-order valence-corrected chi connectivity index (χ0v) is 11.7.